The van der Waals surface area contributed by atoms with Crippen molar-refractivity contribution in [2.45, 2.75) is 38.2 Å². The van der Waals surface area contributed by atoms with Crippen molar-refractivity contribution in [2.75, 3.05) is 31.2 Å². The van der Waals surface area contributed by atoms with Crippen molar-refractivity contribution in [2.24, 2.45) is 5.41 Å². The van der Waals surface area contributed by atoms with Crippen LogP contribution in [0.15, 0.2) is 60.9 Å². The first-order valence-corrected chi connectivity index (χ1v) is 11.6. The van der Waals surface area contributed by atoms with Gasteiger partial charge in [0.1, 0.15) is 18.2 Å². The summed E-state index contributed by atoms with van der Waals surface area (Å²) in [4.78, 5) is 11.4. The van der Waals surface area contributed by atoms with Gasteiger partial charge in [0.25, 0.3) is 0 Å². The van der Waals surface area contributed by atoms with E-state index in [1.54, 1.807) is 6.20 Å². The van der Waals surface area contributed by atoms with Gasteiger partial charge in [-0.05, 0) is 43.0 Å². The Morgan fingerprint density at radius 3 is 2.22 bits per heavy atom. The van der Waals surface area contributed by atoms with E-state index in [1.807, 2.05) is 6.20 Å². The number of rotatable bonds is 6. The smallest absolute Gasteiger partial charge is 0.147 e. The van der Waals surface area contributed by atoms with Gasteiger partial charge in [-0.25, -0.2) is 4.98 Å². The molecule has 3 aromatic rings. The maximum absolute atomic E-state index is 6.05. The molecule has 3 aliphatic rings. The van der Waals surface area contributed by atoms with E-state index in [0.29, 0.717) is 12.0 Å². The molecule has 2 saturated heterocycles. The van der Waals surface area contributed by atoms with Gasteiger partial charge in [0.05, 0.1) is 36.7 Å². The minimum Gasteiger partial charge on any atom is -0.487 e. The van der Waals surface area contributed by atoms with Gasteiger partial charge in [-0.3, -0.25) is 4.98 Å². The fourth-order valence-electron chi connectivity index (χ4n) is 5.29. The van der Waals surface area contributed by atoms with Crippen LogP contribution in [0, 0.1) is 12.3 Å². The summed E-state index contributed by atoms with van der Waals surface area (Å²) in [7, 11) is 0. The molecule has 0 amide bonds. The second-order valence-electron chi connectivity index (χ2n) is 9.83. The Kier molecular flexibility index (Phi) is 4.68. The highest BCUT2D eigenvalue weighted by atomic mass is 16.5. The molecule has 0 atom stereocenters. The normalized spacial score (nSPS) is 20.2. The van der Waals surface area contributed by atoms with Crippen LogP contribution in [0.2, 0.25) is 0 Å². The first-order chi connectivity index (χ1) is 15.6. The Bertz CT molecular complexity index is 1090. The van der Waals surface area contributed by atoms with Gasteiger partial charge >= 0.3 is 0 Å². The van der Waals surface area contributed by atoms with Crippen LogP contribution < -0.4 is 9.64 Å². The van der Waals surface area contributed by atoms with Gasteiger partial charge in [0.2, 0.25) is 0 Å². The van der Waals surface area contributed by atoms with E-state index in [-0.39, 0.29) is 5.41 Å². The Labute approximate surface area is 189 Å². The summed E-state index contributed by atoms with van der Waals surface area (Å²) >= 11 is 0. The van der Waals surface area contributed by atoms with Crippen LogP contribution in [-0.4, -0.2) is 36.3 Å². The molecule has 1 aliphatic carbocycles. The molecule has 32 heavy (non-hydrogen) atoms. The molecule has 0 N–H and O–H groups in total. The first-order valence-electron chi connectivity index (χ1n) is 11.6. The molecule has 0 unspecified atom stereocenters. The van der Waals surface area contributed by atoms with Crippen molar-refractivity contribution < 1.29 is 9.47 Å². The van der Waals surface area contributed by atoms with E-state index >= 15 is 0 Å². The molecule has 1 spiro atoms. The highest BCUT2D eigenvalue weighted by Crippen LogP contribution is 2.49. The van der Waals surface area contributed by atoms with Crippen LogP contribution >= 0.6 is 0 Å². The molecule has 6 rings (SSSR count). The monoisotopic (exact) mass is 427 g/mol. The van der Waals surface area contributed by atoms with Gasteiger partial charge < -0.3 is 14.4 Å². The van der Waals surface area contributed by atoms with Crippen LogP contribution in [0.1, 0.15) is 41.6 Å². The zero-order valence-corrected chi connectivity index (χ0v) is 18.6. The molecule has 3 heterocycles. The summed E-state index contributed by atoms with van der Waals surface area (Å²) < 4.78 is 11.4. The van der Waals surface area contributed by atoms with Crippen LogP contribution in [0.5, 0.6) is 5.75 Å². The number of anilines is 1. The van der Waals surface area contributed by atoms with Crippen molar-refractivity contribution in [3.05, 3.63) is 83.3 Å². The van der Waals surface area contributed by atoms with Gasteiger partial charge in [-0.1, -0.05) is 48.4 Å². The summed E-state index contributed by atoms with van der Waals surface area (Å²) in [6, 6.07) is 17.7. The summed E-state index contributed by atoms with van der Waals surface area (Å²) in [6.07, 6.45) is 7.34. The molecule has 164 valence electrons. The van der Waals surface area contributed by atoms with Crippen LogP contribution in [0.3, 0.4) is 0 Å². The molecule has 1 saturated carbocycles. The molecule has 3 fully saturated rings. The number of ether oxygens (including phenoxy) is 2. The first kappa shape index (κ1) is 19.7. The molecular formula is C27H29N3O2. The molecule has 1 aromatic heterocycles. The lowest BCUT2D eigenvalue weighted by Crippen LogP contribution is -2.66. The summed E-state index contributed by atoms with van der Waals surface area (Å²) in [6.45, 7) is 6.34. The Hall–Kier alpha value is -2.92. The lowest BCUT2D eigenvalue weighted by Gasteiger charge is -2.55. The van der Waals surface area contributed by atoms with E-state index in [2.05, 4.69) is 65.3 Å². The zero-order valence-electron chi connectivity index (χ0n) is 18.6. The predicted molar refractivity (Wildman–Crippen MR) is 124 cm³/mol. The number of hydrogen-bond donors (Lipinski definition) is 0. The third-order valence-electron chi connectivity index (χ3n) is 7.47. The van der Waals surface area contributed by atoms with E-state index in [0.717, 1.165) is 43.6 Å². The largest absolute Gasteiger partial charge is 0.487 e. The van der Waals surface area contributed by atoms with Crippen molar-refractivity contribution >= 4 is 5.82 Å². The lowest BCUT2D eigenvalue weighted by molar-refractivity contribution is -0.127. The molecule has 0 radical (unpaired) electrons. The average Bonchev–Trinajstić information content (AvgIpc) is 2.72. The topological polar surface area (TPSA) is 47.5 Å². The van der Waals surface area contributed by atoms with Crippen LogP contribution in [0.25, 0.3) is 0 Å². The van der Waals surface area contributed by atoms with Crippen molar-refractivity contribution in [1.29, 1.82) is 0 Å². The molecule has 5 nitrogen and oxygen atoms in total. The number of benzene rings is 2. The minimum atomic E-state index is 0.159. The molecule has 5 heteroatoms. The summed E-state index contributed by atoms with van der Waals surface area (Å²) in [5.41, 5.74) is 5.50. The fraction of sp³-hybridized carbons (Fsp3) is 0.407. The second kappa shape index (κ2) is 7.59. The van der Waals surface area contributed by atoms with Crippen molar-refractivity contribution in [3.63, 3.8) is 0 Å². The fourth-order valence-corrected chi connectivity index (χ4v) is 5.29. The van der Waals surface area contributed by atoms with E-state index in [9.17, 15) is 0 Å². The second-order valence-corrected chi connectivity index (χ2v) is 9.83. The van der Waals surface area contributed by atoms with E-state index in [1.165, 1.54) is 36.0 Å². The third-order valence-corrected chi connectivity index (χ3v) is 7.47. The van der Waals surface area contributed by atoms with E-state index in [4.69, 9.17) is 14.5 Å². The van der Waals surface area contributed by atoms with Crippen molar-refractivity contribution in [3.8, 4) is 5.75 Å². The summed E-state index contributed by atoms with van der Waals surface area (Å²) in [5.74, 6) is 1.80. The maximum atomic E-state index is 6.05. The third kappa shape index (κ3) is 3.36. The van der Waals surface area contributed by atoms with Gasteiger partial charge in [-0.15, -0.1) is 0 Å². The molecular weight excluding hydrogens is 398 g/mol. The van der Waals surface area contributed by atoms with E-state index < -0.39 is 0 Å². The zero-order chi connectivity index (χ0) is 21.6. The molecule has 2 aromatic carbocycles. The number of aryl methyl sites for hydroxylation is 1. The minimum absolute atomic E-state index is 0.159. The lowest BCUT2D eigenvalue weighted by atomic mass is 9.60. The van der Waals surface area contributed by atoms with Crippen molar-refractivity contribution in [1.82, 2.24) is 9.97 Å². The van der Waals surface area contributed by atoms with Gasteiger partial charge in [-0.2, -0.15) is 0 Å². The van der Waals surface area contributed by atoms with Gasteiger partial charge in [0, 0.05) is 18.5 Å². The van der Waals surface area contributed by atoms with Gasteiger partial charge in [0.15, 0.2) is 0 Å². The number of hydrogen-bond acceptors (Lipinski definition) is 5. The highest BCUT2D eigenvalue weighted by molar-refractivity contribution is 5.45. The Morgan fingerprint density at radius 2 is 1.62 bits per heavy atom. The number of aromatic nitrogens is 2. The quantitative estimate of drug-likeness (QED) is 0.572. The van der Waals surface area contributed by atoms with Crippen LogP contribution in [0.4, 0.5) is 5.82 Å². The SMILES string of the molecule is Cc1ccc(C2(c3ccc(OCc4cncc(N5CC6(COC6)C5)n4)cc3)CCC2)cc1. The maximum Gasteiger partial charge on any atom is 0.147 e. The number of nitrogens with zero attached hydrogens (tertiary/aromatic N) is 3. The highest BCUT2D eigenvalue weighted by Gasteiger charge is 2.49. The molecule has 0 bridgehead atoms. The Balaban J connectivity index is 1.11. The standard InChI is InChI=1S/C27H29N3O2/c1-20-3-5-21(6-4-20)27(11-2-12-27)22-7-9-24(10-8-22)32-15-23-13-28-14-25(29-23)30-16-26(17-30)18-31-19-26/h3-10,13-14H,2,11-12,15-19H2,1H3. The summed E-state index contributed by atoms with van der Waals surface area (Å²) in [5, 5.41) is 0. The molecule has 2 aliphatic heterocycles. The average molecular weight is 428 g/mol. The Morgan fingerprint density at radius 1 is 0.938 bits per heavy atom. The van der Waals surface area contributed by atoms with Crippen LogP contribution in [-0.2, 0) is 16.8 Å². The predicted octanol–water partition coefficient (Wildman–Crippen LogP) is 4.67.